The van der Waals surface area contributed by atoms with Crippen molar-refractivity contribution in [2.45, 2.75) is 13.0 Å². The maximum atomic E-state index is 12.0. The van der Waals surface area contributed by atoms with E-state index in [1.807, 2.05) is 0 Å². The van der Waals surface area contributed by atoms with Gasteiger partial charge in [0.25, 0.3) is 5.91 Å². The Bertz CT molecular complexity index is 613. The number of halogens is 1. The van der Waals surface area contributed by atoms with E-state index in [1.165, 1.54) is 12.3 Å². The zero-order valence-electron chi connectivity index (χ0n) is 10.6. The molecular weight excluding hydrogens is 326 g/mol. The van der Waals surface area contributed by atoms with E-state index in [4.69, 9.17) is 4.42 Å². The molecule has 7 heteroatoms. The molecule has 2 N–H and O–H groups in total. The van der Waals surface area contributed by atoms with Crippen LogP contribution in [0.15, 0.2) is 45.6 Å². The fraction of sp³-hybridized carbons (Fsp3) is 0.154. The second kappa shape index (κ2) is 6.33. The minimum atomic E-state index is -0.721. The SMILES string of the molecule is C[C@H](NC(=O)c1ccco1)C(=O)Nc1ncccc1Br. The summed E-state index contributed by atoms with van der Waals surface area (Å²) in [5, 5.41) is 5.15. The van der Waals surface area contributed by atoms with E-state index >= 15 is 0 Å². The molecule has 2 aromatic heterocycles. The molecule has 0 aliphatic rings. The summed E-state index contributed by atoms with van der Waals surface area (Å²) in [6.45, 7) is 1.58. The number of carbonyl (C=O) groups is 2. The van der Waals surface area contributed by atoms with Crippen LogP contribution in [-0.2, 0) is 4.79 Å². The van der Waals surface area contributed by atoms with Crippen molar-refractivity contribution in [3.8, 4) is 0 Å². The first kappa shape index (κ1) is 14.3. The Morgan fingerprint density at radius 2 is 2.15 bits per heavy atom. The number of hydrogen-bond acceptors (Lipinski definition) is 4. The molecule has 2 heterocycles. The summed E-state index contributed by atoms with van der Waals surface area (Å²) in [6.07, 6.45) is 2.96. The number of rotatable bonds is 4. The van der Waals surface area contributed by atoms with Gasteiger partial charge in [-0.15, -0.1) is 0 Å². The van der Waals surface area contributed by atoms with Crippen molar-refractivity contribution in [1.82, 2.24) is 10.3 Å². The zero-order valence-corrected chi connectivity index (χ0v) is 12.2. The molecule has 0 unspecified atom stereocenters. The summed E-state index contributed by atoms with van der Waals surface area (Å²) in [7, 11) is 0. The average molecular weight is 338 g/mol. The van der Waals surface area contributed by atoms with Crippen LogP contribution in [0.2, 0.25) is 0 Å². The topological polar surface area (TPSA) is 84.2 Å². The highest BCUT2D eigenvalue weighted by molar-refractivity contribution is 9.10. The van der Waals surface area contributed by atoms with E-state index in [1.54, 1.807) is 31.3 Å². The van der Waals surface area contributed by atoms with E-state index < -0.39 is 11.9 Å². The second-order valence-electron chi connectivity index (χ2n) is 4.00. The molecule has 0 fully saturated rings. The van der Waals surface area contributed by atoms with Gasteiger partial charge < -0.3 is 15.1 Å². The molecule has 104 valence electrons. The van der Waals surface area contributed by atoms with Gasteiger partial charge >= 0.3 is 0 Å². The van der Waals surface area contributed by atoms with E-state index in [0.717, 1.165) is 0 Å². The molecule has 0 aliphatic heterocycles. The largest absolute Gasteiger partial charge is 0.459 e. The first-order chi connectivity index (χ1) is 9.58. The number of furan rings is 1. The van der Waals surface area contributed by atoms with Crippen molar-refractivity contribution in [1.29, 1.82) is 0 Å². The number of anilines is 1. The van der Waals surface area contributed by atoms with E-state index in [2.05, 4.69) is 31.5 Å². The molecule has 0 spiro atoms. The summed E-state index contributed by atoms with van der Waals surface area (Å²) >= 11 is 3.28. The van der Waals surface area contributed by atoms with E-state index in [0.29, 0.717) is 10.3 Å². The van der Waals surface area contributed by atoms with E-state index in [-0.39, 0.29) is 11.7 Å². The summed E-state index contributed by atoms with van der Waals surface area (Å²) in [4.78, 5) is 27.7. The number of carbonyl (C=O) groups excluding carboxylic acids is 2. The molecule has 0 bridgehead atoms. The van der Waals surface area contributed by atoms with E-state index in [9.17, 15) is 9.59 Å². The summed E-state index contributed by atoms with van der Waals surface area (Å²) in [5.74, 6) is -0.262. The van der Waals surface area contributed by atoms with Gasteiger partial charge in [0.15, 0.2) is 5.76 Å². The van der Waals surface area contributed by atoms with Gasteiger partial charge in [0.2, 0.25) is 5.91 Å². The Kier molecular flexibility index (Phi) is 4.52. The molecule has 0 aliphatic carbocycles. The smallest absolute Gasteiger partial charge is 0.287 e. The lowest BCUT2D eigenvalue weighted by molar-refractivity contribution is -0.117. The van der Waals surface area contributed by atoms with Crippen LogP contribution >= 0.6 is 15.9 Å². The van der Waals surface area contributed by atoms with Crippen LogP contribution in [0.5, 0.6) is 0 Å². The molecule has 0 saturated carbocycles. The molecule has 0 radical (unpaired) electrons. The molecular formula is C13H12BrN3O3. The summed E-state index contributed by atoms with van der Waals surface area (Å²) in [6, 6.07) is 5.90. The molecule has 6 nitrogen and oxygen atoms in total. The lowest BCUT2D eigenvalue weighted by atomic mass is 10.3. The maximum Gasteiger partial charge on any atom is 0.287 e. The minimum absolute atomic E-state index is 0.156. The molecule has 2 rings (SSSR count). The number of nitrogens with zero attached hydrogens (tertiary/aromatic N) is 1. The van der Waals surface area contributed by atoms with Crippen molar-refractivity contribution >= 4 is 33.6 Å². The first-order valence-corrected chi connectivity index (χ1v) is 6.63. The standard InChI is InChI=1S/C13H12BrN3O3/c1-8(16-13(19)10-5-3-7-20-10)12(18)17-11-9(14)4-2-6-15-11/h2-8H,1H3,(H,16,19)(H,15,17,18)/t8-/m0/s1. The van der Waals surface area contributed by atoms with Crippen LogP contribution in [0.25, 0.3) is 0 Å². The van der Waals surface area contributed by atoms with Crippen LogP contribution in [-0.4, -0.2) is 22.8 Å². The van der Waals surface area contributed by atoms with Gasteiger partial charge in [-0.25, -0.2) is 4.98 Å². The number of nitrogens with one attached hydrogen (secondary N) is 2. The molecule has 0 aromatic carbocycles. The van der Waals surface area contributed by atoms with Gasteiger partial charge in [0, 0.05) is 6.20 Å². The maximum absolute atomic E-state index is 12.0. The Balaban J connectivity index is 1.96. The van der Waals surface area contributed by atoms with Crippen LogP contribution in [0, 0.1) is 0 Å². The van der Waals surface area contributed by atoms with Crippen LogP contribution in [0.1, 0.15) is 17.5 Å². The van der Waals surface area contributed by atoms with Gasteiger partial charge in [-0.2, -0.15) is 0 Å². The monoisotopic (exact) mass is 337 g/mol. The fourth-order valence-corrected chi connectivity index (χ4v) is 1.80. The molecule has 20 heavy (non-hydrogen) atoms. The zero-order chi connectivity index (χ0) is 14.5. The quantitative estimate of drug-likeness (QED) is 0.895. The lowest BCUT2D eigenvalue weighted by Crippen LogP contribution is -2.41. The van der Waals surface area contributed by atoms with Gasteiger partial charge in [-0.05, 0) is 47.1 Å². The number of aromatic nitrogens is 1. The highest BCUT2D eigenvalue weighted by Crippen LogP contribution is 2.18. The Hall–Kier alpha value is -2.15. The Labute approximate surface area is 123 Å². The van der Waals surface area contributed by atoms with Crippen molar-refractivity contribution < 1.29 is 14.0 Å². The summed E-state index contributed by atoms with van der Waals surface area (Å²) < 4.78 is 5.61. The molecule has 2 amide bonds. The van der Waals surface area contributed by atoms with Crippen molar-refractivity contribution in [3.05, 3.63) is 47.0 Å². The predicted molar refractivity (Wildman–Crippen MR) is 76.2 cm³/mol. The first-order valence-electron chi connectivity index (χ1n) is 5.83. The average Bonchev–Trinajstić information content (AvgIpc) is 2.95. The highest BCUT2D eigenvalue weighted by atomic mass is 79.9. The number of pyridine rings is 1. The van der Waals surface area contributed by atoms with Crippen molar-refractivity contribution in [2.75, 3.05) is 5.32 Å². The van der Waals surface area contributed by atoms with Gasteiger partial charge in [0.05, 0.1) is 10.7 Å². The van der Waals surface area contributed by atoms with Gasteiger partial charge in [0.1, 0.15) is 11.9 Å². The predicted octanol–water partition coefficient (Wildman–Crippen LogP) is 2.19. The number of hydrogen-bond donors (Lipinski definition) is 2. The number of amides is 2. The Morgan fingerprint density at radius 1 is 1.35 bits per heavy atom. The van der Waals surface area contributed by atoms with Crippen LogP contribution in [0.3, 0.4) is 0 Å². The van der Waals surface area contributed by atoms with Gasteiger partial charge in [-0.1, -0.05) is 0 Å². The second-order valence-corrected chi connectivity index (χ2v) is 4.85. The fourth-order valence-electron chi connectivity index (χ4n) is 1.44. The van der Waals surface area contributed by atoms with Crippen molar-refractivity contribution in [3.63, 3.8) is 0 Å². The summed E-state index contributed by atoms with van der Waals surface area (Å²) in [5.41, 5.74) is 0. The lowest BCUT2D eigenvalue weighted by Gasteiger charge is -2.13. The van der Waals surface area contributed by atoms with Crippen molar-refractivity contribution in [2.24, 2.45) is 0 Å². The normalized spacial score (nSPS) is 11.7. The minimum Gasteiger partial charge on any atom is -0.459 e. The highest BCUT2D eigenvalue weighted by Gasteiger charge is 2.19. The molecule has 1 atom stereocenters. The van der Waals surface area contributed by atoms with Crippen LogP contribution < -0.4 is 10.6 Å². The molecule has 0 saturated heterocycles. The third-order valence-corrected chi connectivity index (χ3v) is 3.13. The third kappa shape index (κ3) is 3.45. The Morgan fingerprint density at radius 3 is 2.80 bits per heavy atom. The third-order valence-electron chi connectivity index (χ3n) is 2.49. The van der Waals surface area contributed by atoms with Crippen LogP contribution in [0.4, 0.5) is 5.82 Å². The molecule has 2 aromatic rings. The van der Waals surface area contributed by atoms with Gasteiger partial charge in [-0.3, -0.25) is 9.59 Å².